The van der Waals surface area contributed by atoms with Crippen molar-refractivity contribution in [2.45, 2.75) is 44.2 Å². The molecule has 6 heteroatoms. The molecule has 0 aromatic heterocycles. The number of carbonyl (C=O) groups is 2. The van der Waals surface area contributed by atoms with Gasteiger partial charge in [-0.1, -0.05) is 61.4 Å². The van der Waals surface area contributed by atoms with Crippen LogP contribution in [-0.4, -0.2) is 24.0 Å². The van der Waals surface area contributed by atoms with Crippen LogP contribution >= 0.6 is 0 Å². The van der Waals surface area contributed by atoms with Crippen LogP contribution in [0.15, 0.2) is 54.6 Å². The van der Waals surface area contributed by atoms with Crippen LogP contribution in [0.25, 0.3) is 0 Å². The predicted molar refractivity (Wildman–Crippen MR) is 106 cm³/mol. The van der Waals surface area contributed by atoms with Crippen LogP contribution in [0, 0.1) is 5.82 Å². The first-order valence-corrected chi connectivity index (χ1v) is 9.71. The highest BCUT2D eigenvalue weighted by molar-refractivity contribution is 5.91. The van der Waals surface area contributed by atoms with Crippen molar-refractivity contribution < 1.29 is 14.0 Å². The van der Waals surface area contributed by atoms with Gasteiger partial charge in [-0.2, -0.15) is 0 Å². The first-order chi connectivity index (χ1) is 13.6. The Morgan fingerprint density at radius 3 is 2.32 bits per heavy atom. The van der Waals surface area contributed by atoms with E-state index in [4.69, 9.17) is 0 Å². The molecule has 1 fully saturated rings. The van der Waals surface area contributed by atoms with Gasteiger partial charge in [-0.3, -0.25) is 4.79 Å². The van der Waals surface area contributed by atoms with Gasteiger partial charge in [0.15, 0.2) is 0 Å². The molecule has 0 unspecified atom stereocenters. The van der Waals surface area contributed by atoms with Gasteiger partial charge in [-0.15, -0.1) is 0 Å². The summed E-state index contributed by atoms with van der Waals surface area (Å²) in [7, 11) is 0. The summed E-state index contributed by atoms with van der Waals surface area (Å²) in [5.41, 5.74) is 0.667. The SMILES string of the molecule is O=C(NCc1ccccc1)NC1(C(=O)NCCc2ccccc2F)CCCC1. The largest absolute Gasteiger partial charge is 0.354 e. The highest BCUT2D eigenvalue weighted by Crippen LogP contribution is 2.30. The van der Waals surface area contributed by atoms with Crippen molar-refractivity contribution in [1.29, 1.82) is 0 Å². The van der Waals surface area contributed by atoms with E-state index >= 15 is 0 Å². The van der Waals surface area contributed by atoms with Crippen molar-refractivity contribution >= 4 is 11.9 Å². The minimum Gasteiger partial charge on any atom is -0.354 e. The lowest BCUT2D eigenvalue weighted by molar-refractivity contribution is -0.127. The molecule has 0 heterocycles. The fourth-order valence-electron chi connectivity index (χ4n) is 3.61. The predicted octanol–water partition coefficient (Wildman–Crippen LogP) is 3.30. The normalized spacial score (nSPS) is 15.0. The van der Waals surface area contributed by atoms with Crippen LogP contribution < -0.4 is 16.0 Å². The standard InChI is InChI=1S/C22H26FN3O2/c23-19-11-5-4-10-18(19)12-15-24-20(27)22(13-6-7-14-22)26-21(28)25-16-17-8-2-1-3-9-17/h1-5,8-11H,6-7,12-16H2,(H,24,27)(H2,25,26,28). The molecule has 0 radical (unpaired) electrons. The van der Waals surface area contributed by atoms with E-state index in [0.29, 0.717) is 37.9 Å². The molecule has 148 valence electrons. The molecule has 28 heavy (non-hydrogen) atoms. The molecule has 0 bridgehead atoms. The summed E-state index contributed by atoms with van der Waals surface area (Å²) >= 11 is 0. The molecule has 3 rings (SSSR count). The van der Waals surface area contributed by atoms with Crippen LogP contribution in [-0.2, 0) is 17.8 Å². The average Bonchev–Trinajstić information content (AvgIpc) is 3.18. The molecular weight excluding hydrogens is 357 g/mol. The lowest BCUT2D eigenvalue weighted by Crippen LogP contribution is -2.59. The Morgan fingerprint density at radius 2 is 1.61 bits per heavy atom. The Labute approximate surface area is 164 Å². The number of benzene rings is 2. The maximum Gasteiger partial charge on any atom is 0.315 e. The molecule has 1 aliphatic carbocycles. The molecule has 2 aromatic rings. The van der Waals surface area contributed by atoms with Gasteiger partial charge < -0.3 is 16.0 Å². The second-order valence-corrected chi connectivity index (χ2v) is 7.18. The van der Waals surface area contributed by atoms with Gasteiger partial charge in [0.05, 0.1) is 0 Å². The van der Waals surface area contributed by atoms with Crippen LogP contribution in [0.5, 0.6) is 0 Å². The van der Waals surface area contributed by atoms with Crippen molar-refractivity contribution in [3.05, 3.63) is 71.5 Å². The monoisotopic (exact) mass is 383 g/mol. The minimum absolute atomic E-state index is 0.198. The first kappa shape index (κ1) is 19.9. The van der Waals surface area contributed by atoms with E-state index < -0.39 is 5.54 Å². The Kier molecular flexibility index (Phi) is 6.63. The number of carbonyl (C=O) groups excluding carboxylic acids is 2. The molecule has 1 aliphatic rings. The summed E-state index contributed by atoms with van der Waals surface area (Å²) < 4.78 is 13.7. The molecular formula is C22H26FN3O2. The van der Waals surface area contributed by atoms with E-state index in [1.165, 1.54) is 6.07 Å². The number of hydrogen-bond acceptors (Lipinski definition) is 2. The summed E-state index contributed by atoms with van der Waals surface area (Å²) in [5, 5.41) is 8.57. The van der Waals surface area contributed by atoms with Gasteiger partial charge in [0.2, 0.25) is 5.91 Å². The second-order valence-electron chi connectivity index (χ2n) is 7.18. The molecule has 3 N–H and O–H groups in total. The Balaban J connectivity index is 1.52. The summed E-state index contributed by atoms with van der Waals surface area (Å²) in [6, 6.07) is 15.8. The van der Waals surface area contributed by atoms with Gasteiger partial charge >= 0.3 is 6.03 Å². The molecule has 0 spiro atoms. The van der Waals surface area contributed by atoms with Crippen LogP contribution in [0.3, 0.4) is 0 Å². The van der Waals surface area contributed by atoms with Crippen LogP contribution in [0.1, 0.15) is 36.8 Å². The lowest BCUT2D eigenvalue weighted by atomic mass is 9.96. The Hall–Kier alpha value is -2.89. The number of rotatable bonds is 7. The zero-order chi connectivity index (χ0) is 19.8. The fourth-order valence-corrected chi connectivity index (χ4v) is 3.61. The van der Waals surface area contributed by atoms with Crippen molar-refractivity contribution in [3.63, 3.8) is 0 Å². The molecule has 1 saturated carbocycles. The summed E-state index contributed by atoms with van der Waals surface area (Å²) in [6.45, 7) is 0.729. The third kappa shape index (κ3) is 5.09. The number of hydrogen-bond donors (Lipinski definition) is 3. The van der Waals surface area contributed by atoms with E-state index in [0.717, 1.165) is 18.4 Å². The van der Waals surface area contributed by atoms with E-state index in [-0.39, 0.29) is 17.8 Å². The number of nitrogens with one attached hydrogen (secondary N) is 3. The molecule has 0 saturated heterocycles. The van der Waals surface area contributed by atoms with E-state index in [9.17, 15) is 14.0 Å². The average molecular weight is 383 g/mol. The minimum atomic E-state index is -0.893. The van der Waals surface area contributed by atoms with E-state index in [1.54, 1.807) is 18.2 Å². The number of halogens is 1. The Bertz CT molecular complexity index is 804. The quantitative estimate of drug-likeness (QED) is 0.687. The highest BCUT2D eigenvalue weighted by Gasteiger charge is 2.42. The van der Waals surface area contributed by atoms with Gasteiger partial charge in [-0.25, -0.2) is 9.18 Å². The molecule has 2 aromatic carbocycles. The zero-order valence-electron chi connectivity index (χ0n) is 15.8. The lowest BCUT2D eigenvalue weighted by Gasteiger charge is -2.29. The van der Waals surface area contributed by atoms with Crippen molar-refractivity contribution in [3.8, 4) is 0 Å². The summed E-state index contributed by atoms with van der Waals surface area (Å²) in [5.74, 6) is -0.470. The van der Waals surface area contributed by atoms with E-state index in [2.05, 4.69) is 16.0 Å². The van der Waals surface area contributed by atoms with Gasteiger partial charge in [0, 0.05) is 13.1 Å². The summed E-state index contributed by atoms with van der Waals surface area (Å²) in [4.78, 5) is 25.2. The van der Waals surface area contributed by atoms with Crippen LogP contribution in [0.2, 0.25) is 0 Å². The van der Waals surface area contributed by atoms with Crippen molar-refractivity contribution in [2.75, 3.05) is 6.54 Å². The maximum atomic E-state index is 13.7. The second kappa shape index (κ2) is 9.35. The fraction of sp³-hybridized carbons (Fsp3) is 0.364. The first-order valence-electron chi connectivity index (χ1n) is 9.71. The molecule has 0 aliphatic heterocycles. The maximum absolute atomic E-state index is 13.7. The van der Waals surface area contributed by atoms with Crippen molar-refractivity contribution in [2.24, 2.45) is 0 Å². The van der Waals surface area contributed by atoms with Gasteiger partial charge in [0.1, 0.15) is 11.4 Å². The topological polar surface area (TPSA) is 70.2 Å². The third-order valence-electron chi connectivity index (χ3n) is 5.18. The van der Waals surface area contributed by atoms with Crippen molar-refractivity contribution in [1.82, 2.24) is 16.0 Å². The highest BCUT2D eigenvalue weighted by atomic mass is 19.1. The van der Waals surface area contributed by atoms with Gasteiger partial charge in [0.25, 0.3) is 0 Å². The van der Waals surface area contributed by atoms with E-state index in [1.807, 2.05) is 30.3 Å². The molecule has 5 nitrogen and oxygen atoms in total. The number of amides is 3. The van der Waals surface area contributed by atoms with Gasteiger partial charge in [-0.05, 0) is 36.5 Å². The molecule has 0 atom stereocenters. The third-order valence-corrected chi connectivity index (χ3v) is 5.18. The summed E-state index contributed by atoms with van der Waals surface area (Å²) in [6.07, 6.45) is 3.41. The Morgan fingerprint density at radius 1 is 0.929 bits per heavy atom. The molecule has 3 amide bonds. The zero-order valence-corrected chi connectivity index (χ0v) is 15.8. The number of urea groups is 1. The van der Waals surface area contributed by atoms with Crippen LogP contribution in [0.4, 0.5) is 9.18 Å². The smallest absolute Gasteiger partial charge is 0.315 e.